The zero-order valence-electron chi connectivity index (χ0n) is 25.4. The molecule has 0 unspecified atom stereocenters. The van der Waals surface area contributed by atoms with Crippen LogP contribution in [0, 0.1) is 19.7 Å². The summed E-state index contributed by atoms with van der Waals surface area (Å²) in [6.45, 7) is 11.1. The molecule has 0 aliphatic heterocycles. The van der Waals surface area contributed by atoms with Gasteiger partial charge in [0.15, 0.2) is 0 Å². The number of benzene rings is 3. The lowest BCUT2D eigenvalue weighted by atomic mass is 9.93. The third kappa shape index (κ3) is 5.96. The molecular formula is C35H36FN3O4. The number of halogens is 1. The van der Waals surface area contributed by atoms with Gasteiger partial charge in [-0.3, -0.25) is 9.59 Å². The first-order valence-electron chi connectivity index (χ1n) is 14.2. The van der Waals surface area contributed by atoms with Gasteiger partial charge in [-0.05, 0) is 98.3 Å². The highest BCUT2D eigenvalue weighted by Gasteiger charge is 2.23. The summed E-state index contributed by atoms with van der Waals surface area (Å²) < 4.78 is 21.9. The predicted octanol–water partition coefficient (Wildman–Crippen LogP) is 7.68. The standard InChI is InChI=1S/C35H36FN3O4/c1-19(2)22-8-11-25(12-9-22)37-33(40)29-17-27-28(18-39(7)34(41)31(27)38-29)26-16-23(35(5,6)42)10-13-30(26)43-32-20(3)14-24(36)15-21(32)4/h8-19,38,42H,1-7H3,(H,37,40). The van der Waals surface area contributed by atoms with Crippen LogP contribution in [0.2, 0.25) is 0 Å². The number of anilines is 1. The Kier molecular flexibility index (Phi) is 7.75. The fourth-order valence-corrected chi connectivity index (χ4v) is 5.20. The number of carbonyl (C=O) groups is 1. The number of carbonyl (C=O) groups excluding carboxylic acids is 1. The van der Waals surface area contributed by atoms with E-state index in [1.165, 1.54) is 16.7 Å². The summed E-state index contributed by atoms with van der Waals surface area (Å²) in [5.74, 6) is 0.586. The lowest BCUT2D eigenvalue weighted by Gasteiger charge is -2.22. The molecule has 0 bridgehead atoms. The second kappa shape index (κ2) is 11.2. The molecule has 0 spiro atoms. The first kappa shape index (κ1) is 29.8. The lowest BCUT2D eigenvalue weighted by Crippen LogP contribution is -2.18. The first-order valence-corrected chi connectivity index (χ1v) is 14.2. The molecule has 0 fully saturated rings. The molecule has 0 aliphatic rings. The summed E-state index contributed by atoms with van der Waals surface area (Å²) in [5, 5.41) is 14.3. The smallest absolute Gasteiger partial charge is 0.274 e. The minimum Gasteiger partial charge on any atom is -0.456 e. The van der Waals surface area contributed by atoms with Crippen LogP contribution in [0.1, 0.15) is 66.4 Å². The van der Waals surface area contributed by atoms with E-state index in [0.717, 1.165) is 5.56 Å². The summed E-state index contributed by atoms with van der Waals surface area (Å²) >= 11 is 0. The number of aliphatic hydroxyl groups is 1. The molecule has 0 atom stereocenters. The number of aromatic amines is 1. The van der Waals surface area contributed by atoms with Crippen molar-refractivity contribution in [3.05, 3.63) is 111 Å². The van der Waals surface area contributed by atoms with Crippen LogP contribution in [0.3, 0.4) is 0 Å². The highest BCUT2D eigenvalue weighted by Crippen LogP contribution is 2.41. The average molecular weight is 582 g/mol. The van der Waals surface area contributed by atoms with E-state index >= 15 is 0 Å². The van der Waals surface area contributed by atoms with Crippen molar-refractivity contribution in [1.82, 2.24) is 9.55 Å². The quantitative estimate of drug-likeness (QED) is 0.184. The summed E-state index contributed by atoms with van der Waals surface area (Å²) in [5.41, 5.74) is 3.91. The molecule has 0 saturated carbocycles. The zero-order chi connectivity index (χ0) is 31.2. The van der Waals surface area contributed by atoms with Crippen LogP contribution < -0.4 is 15.6 Å². The highest BCUT2D eigenvalue weighted by atomic mass is 19.1. The van der Waals surface area contributed by atoms with Gasteiger partial charge in [0.1, 0.15) is 28.5 Å². The number of aryl methyl sites for hydroxylation is 3. The van der Waals surface area contributed by atoms with Crippen LogP contribution in [-0.4, -0.2) is 20.6 Å². The SMILES string of the molecule is Cc1cc(F)cc(C)c1Oc1ccc(C(C)(C)O)cc1-c1cn(C)c(=O)c2[nH]c(C(=O)Nc3ccc(C(C)C)cc3)cc12. The number of pyridine rings is 1. The predicted molar refractivity (Wildman–Crippen MR) is 169 cm³/mol. The van der Waals surface area contributed by atoms with Crippen LogP contribution in [0.25, 0.3) is 22.0 Å². The third-order valence-electron chi connectivity index (χ3n) is 7.66. The highest BCUT2D eigenvalue weighted by molar-refractivity contribution is 6.08. The Morgan fingerprint density at radius 3 is 2.26 bits per heavy atom. The molecule has 0 saturated heterocycles. The maximum Gasteiger partial charge on any atom is 0.274 e. The Hall–Kier alpha value is -4.69. The van der Waals surface area contributed by atoms with Gasteiger partial charge in [-0.1, -0.05) is 32.0 Å². The van der Waals surface area contributed by atoms with Gasteiger partial charge in [-0.25, -0.2) is 4.39 Å². The molecule has 8 heteroatoms. The molecule has 3 aromatic carbocycles. The van der Waals surface area contributed by atoms with Gasteiger partial charge in [0.25, 0.3) is 11.5 Å². The fraction of sp³-hybridized carbons (Fsp3) is 0.257. The molecule has 222 valence electrons. The number of amides is 1. The van der Waals surface area contributed by atoms with Gasteiger partial charge < -0.3 is 24.7 Å². The van der Waals surface area contributed by atoms with Gasteiger partial charge in [-0.2, -0.15) is 0 Å². The minimum absolute atomic E-state index is 0.221. The van der Waals surface area contributed by atoms with Crippen LogP contribution in [-0.2, 0) is 12.6 Å². The van der Waals surface area contributed by atoms with Crippen molar-refractivity contribution in [1.29, 1.82) is 0 Å². The Bertz CT molecular complexity index is 1890. The van der Waals surface area contributed by atoms with E-state index in [-0.39, 0.29) is 28.5 Å². The van der Waals surface area contributed by atoms with E-state index in [9.17, 15) is 19.1 Å². The van der Waals surface area contributed by atoms with Gasteiger partial charge in [0.05, 0.1) is 5.60 Å². The van der Waals surface area contributed by atoms with E-state index in [4.69, 9.17) is 4.74 Å². The molecule has 2 heterocycles. The largest absolute Gasteiger partial charge is 0.456 e. The topological polar surface area (TPSA) is 96.3 Å². The molecule has 5 rings (SSSR count). The summed E-state index contributed by atoms with van der Waals surface area (Å²) in [6.07, 6.45) is 1.69. The van der Waals surface area contributed by atoms with Crippen molar-refractivity contribution in [3.8, 4) is 22.6 Å². The Balaban J connectivity index is 1.64. The van der Waals surface area contributed by atoms with Crippen LogP contribution >= 0.6 is 0 Å². The maximum absolute atomic E-state index is 14.0. The number of hydrogen-bond acceptors (Lipinski definition) is 4. The molecule has 5 aromatic rings. The molecular weight excluding hydrogens is 545 g/mol. The molecule has 1 amide bonds. The van der Waals surface area contributed by atoms with E-state index in [1.807, 2.05) is 30.3 Å². The molecule has 0 radical (unpaired) electrons. The van der Waals surface area contributed by atoms with E-state index < -0.39 is 5.60 Å². The van der Waals surface area contributed by atoms with Crippen molar-refractivity contribution >= 4 is 22.5 Å². The number of nitrogens with zero attached hydrogens (tertiary/aromatic N) is 1. The van der Waals surface area contributed by atoms with Crippen molar-refractivity contribution in [2.75, 3.05) is 5.32 Å². The normalized spacial score (nSPS) is 11.8. The number of aromatic nitrogens is 2. The molecule has 7 nitrogen and oxygen atoms in total. The third-order valence-corrected chi connectivity index (χ3v) is 7.66. The number of nitrogens with one attached hydrogen (secondary N) is 2. The second-order valence-corrected chi connectivity index (χ2v) is 11.9. The Morgan fingerprint density at radius 1 is 1.00 bits per heavy atom. The molecule has 0 aliphatic carbocycles. The van der Waals surface area contributed by atoms with Gasteiger partial charge in [0.2, 0.25) is 0 Å². The zero-order valence-corrected chi connectivity index (χ0v) is 25.4. The van der Waals surface area contributed by atoms with Crippen molar-refractivity contribution in [2.24, 2.45) is 7.05 Å². The first-order chi connectivity index (χ1) is 20.2. The summed E-state index contributed by atoms with van der Waals surface area (Å²) in [4.78, 5) is 29.6. The minimum atomic E-state index is -1.16. The summed E-state index contributed by atoms with van der Waals surface area (Å²) in [7, 11) is 1.64. The van der Waals surface area contributed by atoms with Crippen LogP contribution in [0.4, 0.5) is 10.1 Å². The van der Waals surface area contributed by atoms with Crippen LogP contribution in [0.15, 0.2) is 71.7 Å². The second-order valence-electron chi connectivity index (χ2n) is 11.9. The van der Waals surface area contributed by atoms with E-state index in [2.05, 4.69) is 24.1 Å². The van der Waals surface area contributed by atoms with Gasteiger partial charge in [-0.15, -0.1) is 0 Å². The average Bonchev–Trinajstić information content (AvgIpc) is 3.39. The van der Waals surface area contributed by atoms with Gasteiger partial charge in [0, 0.05) is 35.4 Å². The number of ether oxygens (including phenoxy) is 1. The Labute approximate surface area is 250 Å². The number of fused-ring (bicyclic) bond motifs is 1. The van der Waals surface area contributed by atoms with Gasteiger partial charge >= 0.3 is 0 Å². The van der Waals surface area contributed by atoms with E-state index in [0.29, 0.717) is 56.3 Å². The molecule has 43 heavy (non-hydrogen) atoms. The number of hydrogen-bond donors (Lipinski definition) is 3. The Morgan fingerprint density at radius 2 is 1.65 bits per heavy atom. The van der Waals surface area contributed by atoms with Crippen molar-refractivity contribution in [3.63, 3.8) is 0 Å². The fourth-order valence-electron chi connectivity index (χ4n) is 5.20. The lowest BCUT2D eigenvalue weighted by molar-refractivity contribution is 0.0786. The van der Waals surface area contributed by atoms with Crippen molar-refractivity contribution < 1.29 is 19.0 Å². The molecule has 2 aromatic heterocycles. The number of rotatable bonds is 7. The monoisotopic (exact) mass is 581 g/mol. The van der Waals surface area contributed by atoms with Crippen LogP contribution in [0.5, 0.6) is 11.5 Å². The summed E-state index contributed by atoms with van der Waals surface area (Å²) in [6, 6.07) is 17.5. The number of H-pyrrole nitrogens is 1. The maximum atomic E-state index is 14.0. The van der Waals surface area contributed by atoms with E-state index in [1.54, 1.807) is 59.1 Å². The van der Waals surface area contributed by atoms with Crippen molar-refractivity contribution in [2.45, 2.75) is 53.1 Å². The molecule has 3 N–H and O–H groups in total.